The number of benzene rings is 5. The van der Waals surface area contributed by atoms with E-state index in [1.54, 1.807) is 0 Å². The molecular weight excluding hydrogens is 727 g/mol. The summed E-state index contributed by atoms with van der Waals surface area (Å²) in [5.41, 5.74) is 5.35. The van der Waals surface area contributed by atoms with Crippen LogP contribution < -0.4 is 0 Å². The molecule has 10 heteroatoms. The fraction of sp³-hybridized carbons (Fsp3) is 0. The van der Waals surface area contributed by atoms with Gasteiger partial charge in [-0.1, -0.05) is 195 Å². The Hall–Kier alpha value is -1.000. The van der Waals surface area contributed by atoms with Crippen molar-refractivity contribution in [1.29, 1.82) is 0 Å². The Kier molecular flexibility index (Phi) is 9.91. The van der Waals surface area contributed by atoms with Crippen molar-refractivity contribution in [1.82, 2.24) is 0 Å². The maximum atomic E-state index is 6.51. The number of hydrogen-bond donors (Lipinski definition) is 0. The van der Waals surface area contributed by atoms with E-state index in [-0.39, 0.29) is 50.2 Å². The van der Waals surface area contributed by atoms with Crippen molar-refractivity contribution >= 4 is 116 Å². The average Bonchev–Trinajstić information content (AvgIpc) is 2.99. The Morgan fingerprint density at radius 1 is 0.293 bits per heavy atom. The van der Waals surface area contributed by atoms with Gasteiger partial charge in [0.1, 0.15) is 0 Å². The number of halogens is 10. The van der Waals surface area contributed by atoms with Gasteiger partial charge in [-0.05, 0) is 27.8 Å². The van der Waals surface area contributed by atoms with Crippen LogP contribution in [0.2, 0.25) is 50.2 Å². The van der Waals surface area contributed by atoms with Gasteiger partial charge in [0, 0.05) is 11.1 Å². The standard InChI is InChI=1S/C31H13Cl10/c32-22-20(23(33)27(37)30(40)26(22)36)17-10-6-15(7-11-17)19(14-4-2-1-3-5-14)16-8-12-18(13-9-16)21-24(34)28(38)31(41)29(39)25(21)35/h1-13H. The van der Waals surface area contributed by atoms with Gasteiger partial charge in [-0.15, -0.1) is 0 Å². The molecule has 0 aliphatic rings. The first kappa shape index (κ1) is 31.4. The molecule has 0 saturated heterocycles. The van der Waals surface area contributed by atoms with E-state index in [4.69, 9.17) is 116 Å². The third-order valence-corrected chi connectivity index (χ3v) is 11.0. The molecular formula is C31H13Cl10. The molecule has 5 rings (SSSR count). The Morgan fingerprint density at radius 3 is 0.878 bits per heavy atom. The van der Waals surface area contributed by atoms with Crippen molar-refractivity contribution in [3.05, 3.63) is 152 Å². The van der Waals surface area contributed by atoms with Gasteiger partial charge in [-0.25, -0.2) is 0 Å². The van der Waals surface area contributed by atoms with Crippen LogP contribution in [-0.2, 0) is 0 Å². The fourth-order valence-electron chi connectivity index (χ4n) is 4.43. The molecule has 0 nitrogen and oxygen atoms in total. The van der Waals surface area contributed by atoms with Gasteiger partial charge in [0.2, 0.25) is 0 Å². The first-order chi connectivity index (χ1) is 19.5. The van der Waals surface area contributed by atoms with Crippen LogP contribution in [0, 0.1) is 5.92 Å². The maximum absolute atomic E-state index is 6.51. The molecule has 5 aromatic carbocycles. The van der Waals surface area contributed by atoms with Crippen molar-refractivity contribution in [2.45, 2.75) is 0 Å². The smallest absolute Gasteiger partial charge is 0.0809 e. The fourth-order valence-corrected chi connectivity index (χ4v) is 7.14. The predicted octanol–water partition coefficient (Wildman–Crippen LogP) is 14.6. The second-order valence-corrected chi connectivity index (χ2v) is 12.6. The lowest BCUT2D eigenvalue weighted by molar-refractivity contribution is 1.23. The normalized spacial score (nSPS) is 11.4. The van der Waals surface area contributed by atoms with Gasteiger partial charge in [0.25, 0.3) is 0 Å². The van der Waals surface area contributed by atoms with Crippen LogP contribution in [0.5, 0.6) is 0 Å². The first-order valence-electron chi connectivity index (χ1n) is 11.7. The lowest BCUT2D eigenvalue weighted by Gasteiger charge is -2.20. The van der Waals surface area contributed by atoms with E-state index in [0.717, 1.165) is 33.7 Å². The van der Waals surface area contributed by atoms with Gasteiger partial charge in [0.15, 0.2) is 0 Å². The summed E-state index contributed by atoms with van der Waals surface area (Å²) in [5, 5.41) is 1.67. The monoisotopic (exact) mass is 735 g/mol. The zero-order valence-corrected chi connectivity index (χ0v) is 27.8. The van der Waals surface area contributed by atoms with Crippen molar-refractivity contribution in [2.75, 3.05) is 0 Å². The molecule has 1 radical (unpaired) electrons. The van der Waals surface area contributed by atoms with E-state index in [2.05, 4.69) is 0 Å². The van der Waals surface area contributed by atoms with Gasteiger partial charge >= 0.3 is 0 Å². The Labute approximate surface area is 287 Å². The lowest BCUT2D eigenvalue weighted by atomic mass is 9.84. The molecule has 0 saturated carbocycles. The first-order valence-corrected chi connectivity index (χ1v) is 15.5. The molecule has 41 heavy (non-hydrogen) atoms. The number of hydrogen-bond acceptors (Lipinski definition) is 0. The van der Waals surface area contributed by atoms with Gasteiger partial charge in [-0.3, -0.25) is 0 Å². The van der Waals surface area contributed by atoms with E-state index >= 15 is 0 Å². The van der Waals surface area contributed by atoms with E-state index in [9.17, 15) is 0 Å². The molecule has 0 heterocycles. The quantitative estimate of drug-likeness (QED) is 0.0956. The topological polar surface area (TPSA) is 0 Å². The minimum absolute atomic E-state index is 0.109. The molecule has 0 unspecified atom stereocenters. The van der Waals surface area contributed by atoms with Gasteiger partial charge < -0.3 is 0 Å². The predicted molar refractivity (Wildman–Crippen MR) is 181 cm³/mol. The van der Waals surface area contributed by atoms with Crippen LogP contribution in [-0.4, -0.2) is 0 Å². The van der Waals surface area contributed by atoms with Crippen LogP contribution in [0.4, 0.5) is 0 Å². The Balaban J connectivity index is 1.59. The largest absolute Gasteiger partial charge is 0.0819 e. The van der Waals surface area contributed by atoms with Crippen LogP contribution in [0.25, 0.3) is 22.3 Å². The molecule has 0 atom stereocenters. The lowest BCUT2D eigenvalue weighted by Crippen LogP contribution is -2.04. The summed E-state index contributed by atoms with van der Waals surface area (Å²) in [5.74, 6) is 0.984. The molecule has 0 fully saturated rings. The Bertz CT molecular complexity index is 1590. The summed E-state index contributed by atoms with van der Waals surface area (Å²) in [6.07, 6.45) is 0. The molecule has 207 valence electrons. The van der Waals surface area contributed by atoms with Gasteiger partial charge in [0.05, 0.1) is 56.1 Å². The summed E-state index contributed by atoms with van der Waals surface area (Å²) >= 11 is 63.6. The molecule has 0 bridgehead atoms. The van der Waals surface area contributed by atoms with Crippen LogP contribution in [0.1, 0.15) is 16.7 Å². The second kappa shape index (κ2) is 12.9. The molecule has 0 amide bonds. The van der Waals surface area contributed by atoms with Crippen LogP contribution in [0.15, 0.2) is 78.9 Å². The van der Waals surface area contributed by atoms with Gasteiger partial charge in [-0.2, -0.15) is 0 Å². The SMILES string of the molecule is Clc1c(Cl)c(Cl)c(-c2ccc([C](c3ccccc3)c3ccc(-c4c(Cl)c(Cl)c(Cl)c(Cl)c4Cl)cc3)cc2)c(Cl)c1Cl. The van der Waals surface area contributed by atoms with Crippen LogP contribution in [0.3, 0.4) is 0 Å². The zero-order chi connectivity index (χ0) is 29.6. The maximum Gasteiger partial charge on any atom is 0.0809 e. The highest BCUT2D eigenvalue weighted by molar-refractivity contribution is 6.57. The van der Waals surface area contributed by atoms with E-state index in [0.29, 0.717) is 11.1 Å². The minimum atomic E-state index is 0.109. The van der Waals surface area contributed by atoms with Crippen molar-refractivity contribution in [3.8, 4) is 22.3 Å². The van der Waals surface area contributed by atoms with E-state index in [1.807, 2.05) is 78.9 Å². The summed E-state index contributed by atoms with van der Waals surface area (Å²) in [7, 11) is 0. The molecule has 5 aromatic rings. The van der Waals surface area contributed by atoms with Crippen molar-refractivity contribution < 1.29 is 0 Å². The molecule has 0 aromatic heterocycles. The highest BCUT2D eigenvalue weighted by Crippen LogP contribution is 2.50. The zero-order valence-electron chi connectivity index (χ0n) is 20.3. The molecule has 0 aliphatic heterocycles. The molecule has 0 spiro atoms. The molecule has 0 N–H and O–H groups in total. The summed E-state index contributed by atoms with van der Waals surface area (Å²) < 4.78 is 0. The highest BCUT2D eigenvalue weighted by atomic mass is 35.5. The summed E-state index contributed by atoms with van der Waals surface area (Å²) in [6, 6.07) is 25.5. The highest BCUT2D eigenvalue weighted by Gasteiger charge is 2.24. The van der Waals surface area contributed by atoms with Crippen LogP contribution >= 0.6 is 116 Å². The summed E-state index contributed by atoms with van der Waals surface area (Å²) in [4.78, 5) is 0. The number of rotatable bonds is 5. The third kappa shape index (κ3) is 5.92. The summed E-state index contributed by atoms with van der Waals surface area (Å²) in [6.45, 7) is 0. The van der Waals surface area contributed by atoms with E-state index < -0.39 is 0 Å². The minimum Gasteiger partial charge on any atom is -0.0819 e. The van der Waals surface area contributed by atoms with Crippen molar-refractivity contribution in [3.63, 3.8) is 0 Å². The van der Waals surface area contributed by atoms with Crippen molar-refractivity contribution in [2.24, 2.45) is 0 Å². The van der Waals surface area contributed by atoms with E-state index in [1.165, 1.54) is 0 Å². The molecule has 0 aliphatic carbocycles. The second-order valence-electron chi connectivity index (χ2n) is 8.79. The Morgan fingerprint density at radius 2 is 0.561 bits per heavy atom. The average molecular weight is 740 g/mol. The third-order valence-electron chi connectivity index (χ3n) is 6.41.